The molecule has 0 saturated carbocycles. The molecule has 2 N–H and O–H groups in total. The second-order valence-electron chi connectivity index (χ2n) is 3.71. The number of unbranched alkanes of at least 4 members (excludes halogenated alkanes) is 1. The molecule has 100 valence electrons. The van der Waals surface area contributed by atoms with E-state index in [0.29, 0.717) is 12.6 Å². The van der Waals surface area contributed by atoms with E-state index in [1.807, 2.05) is 6.92 Å². The number of halogens is 3. The van der Waals surface area contributed by atoms with Crippen LogP contribution in [0.5, 0.6) is 0 Å². The molecule has 7 heteroatoms. The standard InChI is InChI=1S/C11H13F3N2O2/c1-2-3-4-15-9-6-7(10(17)18)5-8(16-9)11(12,13)14/h5-6H,2-4H2,1H3,(H,15,16)(H,17,18). The first-order valence-corrected chi connectivity index (χ1v) is 5.41. The molecular formula is C11H13F3N2O2. The number of pyridine rings is 1. The Morgan fingerprint density at radius 2 is 2.11 bits per heavy atom. The zero-order chi connectivity index (χ0) is 13.8. The highest BCUT2D eigenvalue weighted by molar-refractivity contribution is 5.88. The quantitative estimate of drug-likeness (QED) is 0.801. The lowest BCUT2D eigenvalue weighted by Gasteiger charge is -2.10. The summed E-state index contributed by atoms with van der Waals surface area (Å²) in [6.45, 7) is 2.38. The van der Waals surface area contributed by atoms with Crippen molar-refractivity contribution in [3.63, 3.8) is 0 Å². The predicted octanol–water partition coefficient (Wildman–Crippen LogP) is 3.01. The number of anilines is 1. The fraction of sp³-hybridized carbons (Fsp3) is 0.455. The van der Waals surface area contributed by atoms with Crippen LogP contribution in [0.4, 0.5) is 19.0 Å². The van der Waals surface area contributed by atoms with Gasteiger partial charge in [0.15, 0.2) is 0 Å². The number of carboxylic acids is 1. The van der Waals surface area contributed by atoms with E-state index < -0.39 is 23.4 Å². The number of carbonyl (C=O) groups is 1. The topological polar surface area (TPSA) is 62.2 Å². The number of rotatable bonds is 5. The molecule has 0 atom stereocenters. The highest BCUT2D eigenvalue weighted by Gasteiger charge is 2.33. The summed E-state index contributed by atoms with van der Waals surface area (Å²) in [6.07, 6.45) is -3.02. The van der Waals surface area contributed by atoms with Crippen molar-refractivity contribution in [3.05, 3.63) is 23.4 Å². The summed E-state index contributed by atoms with van der Waals surface area (Å²) in [5, 5.41) is 11.4. The van der Waals surface area contributed by atoms with E-state index in [1.54, 1.807) is 0 Å². The highest BCUT2D eigenvalue weighted by atomic mass is 19.4. The van der Waals surface area contributed by atoms with Gasteiger partial charge in [-0.25, -0.2) is 9.78 Å². The van der Waals surface area contributed by atoms with Crippen molar-refractivity contribution in [1.82, 2.24) is 4.98 Å². The van der Waals surface area contributed by atoms with Crippen LogP contribution in [-0.2, 0) is 6.18 Å². The maximum Gasteiger partial charge on any atom is 0.433 e. The Balaban J connectivity index is 3.03. The van der Waals surface area contributed by atoms with Crippen molar-refractivity contribution in [1.29, 1.82) is 0 Å². The molecule has 18 heavy (non-hydrogen) atoms. The molecule has 0 aliphatic carbocycles. The second kappa shape index (κ2) is 5.70. The second-order valence-corrected chi connectivity index (χ2v) is 3.71. The van der Waals surface area contributed by atoms with Crippen LogP contribution in [0.3, 0.4) is 0 Å². The maximum atomic E-state index is 12.5. The lowest BCUT2D eigenvalue weighted by molar-refractivity contribution is -0.141. The van der Waals surface area contributed by atoms with Gasteiger partial charge in [0.05, 0.1) is 5.56 Å². The number of nitrogens with one attached hydrogen (secondary N) is 1. The van der Waals surface area contributed by atoms with Gasteiger partial charge in [-0.3, -0.25) is 0 Å². The van der Waals surface area contributed by atoms with Gasteiger partial charge in [-0.05, 0) is 18.6 Å². The first-order valence-electron chi connectivity index (χ1n) is 5.41. The average Bonchev–Trinajstić information content (AvgIpc) is 2.28. The van der Waals surface area contributed by atoms with Gasteiger partial charge < -0.3 is 10.4 Å². The molecular weight excluding hydrogens is 249 g/mol. The molecule has 1 heterocycles. The summed E-state index contributed by atoms with van der Waals surface area (Å²) in [5.41, 5.74) is -1.64. The van der Waals surface area contributed by atoms with E-state index in [9.17, 15) is 18.0 Å². The van der Waals surface area contributed by atoms with Crippen molar-refractivity contribution in [2.45, 2.75) is 25.9 Å². The molecule has 0 aliphatic heterocycles. The summed E-state index contributed by atoms with van der Waals surface area (Å²) in [5.74, 6) is -1.49. The molecule has 0 saturated heterocycles. The van der Waals surface area contributed by atoms with Gasteiger partial charge in [-0.2, -0.15) is 13.2 Å². The fourth-order valence-corrected chi connectivity index (χ4v) is 1.28. The van der Waals surface area contributed by atoms with Crippen LogP contribution < -0.4 is 5.32 Å². The molecule has 0 radical (unpaired) electrons. The van der Waals surface area contributed by atoms with Crippen molar-refractivity contribution >= 4 is 11.8 Å². The third-order valence-corrected chi connectivity index (χ3v) is 2.20. The average molecular weight is 262 g/mol. The summed E-state index contributed by atoms with van der Waals surface area (Å²) < 4.78 is 37.5. The van der Waals surface area contributed by atoms with Crippen LogP contribution in [0.2, 0.25) is 0 Å². The molecule has 4 nitrogen and oxygen atoms in total. The number of hydrogen-bond donors (Lipinski definition) is 2. The Labute approximate surface area is 102 Å². The molecule has 0 fully saturated rings. The molecule has 1 rings (SSSR count). The highest BCUT2D eigenvalue weighted by Crippen LogP contribution is 2.29. The monoisotopic (exact) mass is 262 g/mol. The molecule has 0 unspecified atom stereocenters. The van der Waals surface area contributed by atoms with E-state index >= 15 is 0 Å². The van der Waals surface area contributed by atoms with Crippen LogP contribution in [-0.4, -0.2) is 22.6 Å². The molecule has 0 amide bonds. The Bertz CT molecular complexity index is 433. The van der Waals surface area contributed by atoms with Crippen LogP contribution >= 0.6 is 0 Å². The third-order valence-electron chi connectivity index (χ3n) is 2.20. The van der Waals surface area contributed by atoms with Gasteiger partial charge in [0, 0.05) is 6.54 Å². The molecule has 0 aromatic carbocycles. The van der Waals surface area contributed by atoms with Crippen molar-refractivity contribution in [2.24, 2.45) is 0 Å². The Kier molecular flexibility index (Phi) is 4.52. The minimum Gasteiger partial charge on any atom is -0.478 e. The minimum absolute atomic E-state index is 0.0734. The van der Waals surface area contributed by atoms with Gasteiger partial charge in [0.2, 0.25) is 0 Å². The molecule has 1 aromatic heterocycles. The molecule has 1 aromatic rings. The molecule has 0 bridgehead atoms. The van der Waals surface area contributed by atoms with Crippen LogP contribution in [0.25, 0.3) is 0 Å². The van der Waals surface area contributed by atoms with E-state index in [2.05, 4.69) is 10.3 Å². The number of nitrogens with zero attached hydrogens (tertiary/aromatic N) is 1. The van der Waals surface area contributed by atoms with Crippen LogP contribution in [0.1, 0.15) is 35.8 Å². The van der Waals surface area contributed by atoms with Gasteiger partial charge in [-0.15, -0.1) is 0 Å². The first-order chi connectivity index (χ1) is 8.34. The summed E-state index contributed by atoms with van der Waals surface area (Å²) >= 11 is 0. The SMILES string of the molecule is CCCCNc1cc(C(=O)O)cc(C(F)(F)F)n1. The van der Waals surface area contributed by atoms with Gasteiger partial charge >= 0.3 is 12.1 Å². The Morgan fingerprint density at radius 3 is 2.61 bits per heavy atom. The molecule has 0 spiro atoms. The number of aromatic nitrogens is 1. The summed E-state index contributed by atoms with van der Waals surface area (Å²) in [6, 6.07) is 1.61. The lowest BCUT2D eigenvalue weighted by Crippen LogP contribution is -2.13. The fourth-order valence-electron chi connectivity index (χ4n) is 1.28. The van der Waals surface area contributed by atoms with Crippen molar-refractivity contribution < 1.29 is 23.1 Å². The number of hydrogen-bond acceptors (Lipinski definition) is 3. The summed E-state index contributed by atoms with van der Waals surface area (Å²) in [4.78, 5) is 14.1. The Hall–Kier alpha value is -1.79. The smallest absolute Gasteiger partial charge is 0.433 e. The zero-order valence-corrected chi connectivity index (χ0v) is 9.71. The van der Waals surface area contributed by atoms with E-state index in [-0.39, 0.29) is 5.82 Å². The number of aromatic carboxylic acids is 1. The maximum absolute atomic E-state index is 12.5. The van der Waals surface area contributed by atoms with Crippen LogP contribution in [0, 0.1) is 0 Å². The van der Waals surface area contributed by atoms with Crippen LogP contribution in [0.15, 0.2) is 12.1 Å². The normalized spacial score (nSPS) is 11.3. The first kappa shape index (κ1) is 14.3. The number of carboxylic acid groups (broad SMARTS) is 1. The van der Waals surface area contributed by atoms with Gasteiger partial charge in [0.25, 0.3) is 0 Å². The largest absolute Gasteiger partial charge is 0.478 e. The predicted molar refractivity (Wildman–Crippen MR) is 59.6 cm³/mol. The van der Waals surface area contributed by atoms with E-state index in [4.69, 9.17) is 5.11 Å². The number of alkyl halides is 3. The van der Waals surface area contributed by atoms with Crippen molar-refractivity contribution in [3.8, 4) is 0 Å². The van der Waals surface area contributed by atoms with E-state index in [1.165, 1.54) is 0 Å². The lowest BCUT2D eigenvalue weighted by atomic mass is 10.2. The zero-order valence-electron chi connectivity index (χ0n) is 9.71. The third kappa shape index (κ3) is 3.90. The van der Waals surface area contributed by atoms with Gasteiger partial charge in [0.1, 0.15) is 11.5 Å². The summed E-state index contributed by atoms with van der Waals surface area (Å²) in [7, 11) is 0. The van der Waals surface area contributed by atoms with Crippen molar-refractivity contribution in [2.75, 3.05) is 11.9 Å². The molecule has 0 aliphatic rings. The van der Waals surface area contributed by atoms with Gasteiger partial charge in [-0.1, -0.05) is 13.3 Å². The minimum atomic E-state index is -4.66. The Morgan fingerprint density at radius 1 is 1.44 bits per heavy atom. The van der Waals surface area contributed by atoms with E-state index in [0.717, 1.165) is 18.9 Å².